The van der Waals surface area contributed by atoms with Crippen molar-refractivity contribution in [1.82, 2.24) is 5.32 Å². The number of ether oxygens (including phenoxy) is 2. The van der Waals surface area contributed by atoms with Gasteiger partial charge in [-0.3, -0.25) is 0 Å². The highest BCUT2D eigenvalue weighted by molar-refractivity contribution is 5.85. The average molecular weight is 415 g/mol. The van der Waals surface area contributed by atoms with Gasteiger partial charge in [-0.2, -0.15) is 5.26 Å². The van der Waals surface area contributed by atoms with Gasteiger partial charge in [-0.25, -0.2) is 0 Å². The van der Waals surface area contributed by atoms with Crippen LogP contribution < -0.4 is 14.8 Å². The van der Waals surface area contributed by atoms with Crippen molar-refractivity contribution in [3.05, 3.63) is 59.2 Å². The molecule has 2 aromatic carbocycles. The Bertz CT molecular complexity index is 873. The highest BCUT2D eigenvalue weighted by atomic mass is 35.5. The van der Waals surface area contributed by atoms with Gasteiger partial charge in [0.15, 0.2) is 0 Å². The lowest BCUT2D eigenvalue weighted by Crippen LogP contribution is -2.55. The van der Waals surface area contributed by atoms with E-state index in [0.717, 1.165) is 55.8 Å². The number of hydrogen-bond donors (Lipinski definition) is 2. The number of hydrogen-bond acceptors (Lipinski definition) is 5. The third kappa shape index (κ3) is 4.20. The second-order valence-electron chi connectivity index (χ2n) is 7.72. The maximum Gasteiger partial charge on any atom is 0.126 e. The Hall–Kier alpha value is -2.26. The van der Waals surface area contributed by atoms with E-state index in [1.807, 2.05) is 42.5 Å². The summed E-state index contributed by atoms with van der Waals surface area (Å²) >= 11 is 0. The van der Waals surface area contributed by atoms with E-state index in [1.165, 1.54) is 5.56 Å². The second-order valence-corrected chi connectivity index (χ2v) is 7.72. The van der Waals surface area contributed by atoms with Crippen molar-refractivity contribution in [2.45, 2.75) is 37.4 Å². The lowest BCUT2D eigenvalue weighted by atomic mass is 9.70. The van der Waals surface area contributed by atoms with E-state index < -0.39 is 6.10 Å². The Morgan fingerprint density at radius 3 is 2.59 bits per heavy atom. The van der Waals surface area contributed by atoms with Gasteiger partial charge in [0.05, 0.1) is 24.8 Å². The summed E-state index contributed by atoms with van der Waals surface area (Å²) in [7, 11) is 1.63. The molecule has 29 heavy (non-hydrogen) atoms. The van der Waals surface area contributed by atoms with E-state index in [9.17, 15) is 5.11 Å². The van der Waals surface area contributed by atoms with Gasteiger partial charge < -0.3 is 19.9 Å². The first kappa shape index (κ1) is 21.4. The molecule has 2 atom stereocenters. The standard InChI is InChI=1S/C23H26N2O3.ClH/c1-27-18-7-9-21-19(14-18)22(26)20(23(28-21)10-12-25-13-11-23)8-6-16-2-4-17(15-24)5-3-16;/h2-5,7,9,14,20,22,25-26H,6,8,10-13H2,1H3;1H. The summed E-state index contributed by atoms with van der Waals surface area (Å²) in [6.45, 7) is 1.79. The van der Waals surface area contributed by atoms with Crippen LogP contribution in [0.3, 0.4) is 0 Å². The molecule has 5 nitrogen and oxygen atoms in total. The Kier molecular flexibility index (Phi) is 6.69. The number of nitriles is 1. The Labute approximate surface area is 178 Å². The minimum atomic E-state index is -0.588. The number of nitrogens with one attached hydrogen (secondary N) is 1. The maximum atomic E-state index is 11.3. The average Bonchev–Trinajstić information content (AvgIpc) is 2.74. The quantitative estimate of drug-likeness (QED) is 0.796. The minimum absolute atomic E-state index is 0. The van der Waals surface area contributed by atoms with E-state index >= 15 is 0 Å². The largest absolute Gasteiger partial charge is 0.497 e. The number of aliphatic hydroxyl groups is 1. The Morgan fingerprint density at radius 2 is 1.93 bits per heavy atom. The van der Waals surface area contributed by atoms with Crippen LogP contribution in [-0.2, 0) is 6.42 Å². The zero-order chi connectivity index (χ0) is 19.6. The molecule has 0 aromatic heterocycles. The zero-order valence-electron chi connectivity index (χ0n) is 16.6. The summed E-state index contributed by atoms with van der Waals surface area (Å²) in [5.41, 5.74) is 2.31. The summed E-state index contributed by atoms with van der Waals surface area (Å²) in [5, 5.41) is 23.7. The van der Waals surface area contributed by atoms with Crippen LogP contribution in [0.2, 0.25) is 0 Å². The van der Waals surface area contributed by atoms with Crippen LogP contribution in [0.5, 0.6) is 11.5 Å². The number of aliphatic hydroxyl groups excluding tert-OH is 1. The number of fused-ring (bicyclic) bond motifs is 1. The number of nitrogens with zero attached hydrogens (tertiary/aromatic N) is 1. The molecule has 1 saturated heterocycles. The Morgan fingerprint density at radius 1 is 1.21 bits per heavy atom. The number of benzene rings is 2. The molecule has 2 N–H and O–H groups in total. The number of halogens is 1. The van der Waals surface area contributed by atoms with E-state index in [0.29, 0.717) is 5.56 Å². The summed E-state index contributed by atoms with van der Waals surface area (Å²) in [6, 6.07) is 15.6. The number of rotatable bonds is 4. The molecule has 1 fully saturated rings. The number of methoxy groups -OCH3 is 1. The first-order valence-corrected chi connectivity index (χ1v) is 9.90. The predicted molar refractivity (Wildman–Crippen MR) is 114 cm³/mol. The molecular formula is C23H27ClN2O3. The van der Waals surface area contributed by atoms with E-state index in [2.05, 4.69) is 11.4 Å². The van der Waals surface area contributed by atoms with Crippen LogP contribution in [0, 0.1) is 17.2 Å². The van der Waals surface area contributed by atoms with E-state index in [-0.39, 0.29) is 23.9 Å². The molecule has 2 aliphatic rings. The Balaban J connectivity index is 0.00000240. The number of piperidine rings is 1. The van der Waals surface area contributed by atoms with Gasteiger partial charge >= 0.3 is 0 Å². The predicted octanol–water partition coefficient (Wildman–Crippen LogP) is 3.79. The molecule has 1 spiro atoms. The van der Waals surface area contributed by atoms with Crippen LogP contribution >= 0.6 is 12.4 Å². The van der Waals surface area contributed by atoms with Gasteiger partial charge in [0.1, 0.15) is 17.1 Å². The zero-order valence-corrected chi connectivity index (χ0v) is 17.4. The van der Waals surface area contributed by atoms with Crippen molar-refractivity contribution in [2.75, 3.05) is 20.2 Å². The maximum absolute atomic E-state index is 11.3. The van der Waals surface area contributed by atoms with E-state index in [1.54, 1.807) is 7.11 Å². The number of aryl methyl sites for hydroxylation is 1. The lowest BCUT2D eigenvalue weighted by molar-refractivity contribution is -0.0952. The van der Waals surface area contributed by atoms with Crippen LogP contribution in [0.15, 0.2) is 42.5 Å². The molecule has 6 heteroatoms. The van der Waals surface area contributed by atoms with E-state index in [4.69, 9.17) is 14.7 Å². The van der Waals surface area contributed by atoms with Crippen LogP contribution in [0.25, 0.3) is 0 Å². The molecule has 4 rings (SSSR count). The first-order chi connectivity index (χ1) is 13.6. The van der Waals surface area contributed by atoms with Crippen molar-refractivity contribution in [2.24, 2.45) is 5.92 Å². The molecule has 0 radical (unpaired) electrons. The van der Waals surface area contributed by atoms with Gasteiger partial charge in [0.2, 0.25) is 0 Å². The van der Waals surface area contributed by atoms with Crippen molar-refractivity contribution >= 4 is 12.4 Å². The normalized spacial score (nSPS) is 22.0. The highest BCUT2D eigenvalue weighted by Crippen LogP contribution is 2.50. The second kappa shape index (κ2) is 9.04. The molecule has 154 valence electrons. The smallest absolute Gasteiger partial charge is 0.126 e. The van der Waals surface area contributed by atoms with Crippen molar-refractivity contribution in [1.29, 1.82) is 5.26 Å². The molecule has 2 heterocycles. The monoisotopic (exact) mass is 414 g/mol. The topological polar surface area (TPSA) is 74.5 Å². The molecular weight excluding hydrogens is 388 g/mol. The minimum Gasteiger partial charge on any atom is -0.497 e. The summed E-state index contributed by atoms with van der Waals surface area (Å²) < 4.78 is 11.9. The molecule has 0 amide bonds. The van der Waals surface area contributed by atoms with Gasteiger partial charge in [-0.1, -0.05) is 12.1 Å². The van der Waals surface area contributed by atoms with Gasteiger partial charge in [0.25, 0.3) is 0 Å². The molecule has 0 saturated carbocycles. The first-order valence-electron chi connectivity index (χ1n) is 9.90. The third-order valence-corrected chi connectivity index (χ3v) is 6.18. The van der Waals surface area contributed by atoms with Crippen molar-refractivity contribution in [3.63, 3.8) is 0 Å². The fraction of sp³-hybridized carbons (Fsp3) is 0.435. The molecule has 0 bridgehead atoms. The van der Waals surface area contributed by atoms with Crippen LogP contribution in [0.1, 0.15) is 42.1 Å². The molecule has 2 aromatic rings. The molecule has 0 aliphatic carbocycles. The fourth-order valence-corrected chi connectivity index (χ4v) is 4.59. The fourth-order valence-electron chi connectivity index (χ4n) is 4.59. The SMILES string of the molecule is COc1ccc2c(c1)C(O)C(CCc1ccc(C#N)cc1)C1(CCNCC1)O2.Cl. The summed E-state index contributed by atoms with van der Waals surface area (Å²) in [4.78, 5) is 0. The third-order valence-electron chi connectivity index (χ3n) is 6.18. The van der Waals surface area contributed by atoms with Crippen LogP contribution in [0.4, 0.5) is 0 Å². The molecule has 2 unspecified atom stereocenters. The lowest BCUT2D eigenvalue weighted by Gasteiger charge is -2.49. The van der Waals surface area contributed by atoms with Gasteiger partial charge in [0, 0.05) is 11.5 Å². The van der Waals surface area contributed by atoms with Crippen molar-refractivity contribution < 1.29 is 14.6 Å². The van der Waals surface area contributed by atoms with Gasteiger partial charge in [-0.15, -0.1) is 12.4 Å². The molecule has 2 aliphatic heterocycles. The van der Waals surface area contributed by atoms with Crippen molar-refractivity contribution in [3.8, 4) is 17.6 Å². The van der Waals surface area contributed by atoms with Gasteiger partial charge in [-0.05, 0) is 74.7 Å². The highest BCUT2D eigenvalue weighted by Gasteiger charge is 2.49. The summed E-state index contributed by atoms with van der Waals surface area (Å²) in [6.07, 6.45) is 2.84. The van der Waals surface area contributed by atoms with Crippen LogP contribution in [-0.4, -0.2) is 30.9 Å². The summed E-state index contributed by atoms with van der Waals surface area (Å²) in [5.74, 6) is 1.50.